The van der Waals surface area contributed by atoms with Crippen LogP contribution in [0.2, 0.25) is 5.02 Å². The maximum atomic E-state index is 6.15. The van der Waals surface area contributed by atoms with Gasteiger partial charge in [0.25, 0.3) is 0 Å². The molecule has 132 valence electrons. The van der Waals surface area contributed by atoms with Gasteiger partial charge in [-0.2, -0.15) is 0 Å². The molecular formula is C17H18ClIN4OS. The van der Waals surface area contributed by atoms with Crippen molar-refractivity contribution in [2.24, 2.45) is 4.99 Å². The zero-order valence-electron chi connectivity index (χ0n) is 13.5. The van der Waals surface area contributed by atoms with Gasteiger partial charge in [-0.05, 0) is 23.1 Å². The maximum absolute atomic E-state index is 6.15. The lowest BCUT2D eigenvalue weighted by Gasteiger charge is -2.11. The van der Waals surface area contributed by atoms with E-state index in [0.29, 0.717) is 24.9 Å². The minimum Gasteiger partial charge on any atom is -0.443 e. The SMILES string of the molecule is CN=C(NCc1coc(-c2cccs2)n1)NCc1ccccc1Cl.I. The predicted octanol–water partition coefficient (Wildman–Crippen LogP) is 4.54. The molecule has 0 bridgehead atoms. The second-order valence-corrected chi connectivity index (χ2v) is 6.35. The molecule has 5 nitrogen and oxygen atoms in total. The highest BCUT2D eigenvalue weighted by atomic mass is 127. The van der Waals surface area contributed by atoms with Crippen LogP contribution in [0.15, 0.2) is 57.5 Å². The van der Waals surface area contributed by atoms with E-state index < -0.39 is 0 Å². The fourth-order valence-electron chi connectivity index (χ4n) is 2.12. The van der Waals surface area contributed by atoms with Crippen LogP contribution >= 0.6 is 46.9 Å². The van der Waals surface area contributed by atoms with Gasteiger partial charge in [0, 0.05) is 18.6 Å². The van der Waals surface area contributed by atoms with Crippen molar-refractivity contribution in [1.82, 2.24) is 15.6 Å². The van der Waals surface area contributed by atoms with E-state index >= 15 is 0 Å². The summed E-state index contributed by atoms with van der Waals surface area (Å²) >= 11 is 7.75. The molecule has 0 radical (unpaired) electrons. The molecular weight excluding hydrogens is 471 g/mol. The van der Waals surface area contributed by atoms with Crippen molar-refractivity contribution in [2.45, 2.75) is 13.1 Å². The molecule has 1 aromatic carbocycles. The lowest BCUT2D eigenvalue weighted by Crippen LogP contribution is -2.36. The molecule has 0 unspecified atom stereocenters. The summed E-state index contributed by atoms with van der Waals surface area (Å²) in [6.07, 6.45) is 1.66. The van der Waals surface area contributed by atoms with Gasteiger partial charge < -0.3 is 15.1 Å². The molecule has 3 aromatic rings. The highest BCUT2D eigenvalue weighted by Gasteiger charge is 2.08. The smallest absolute Gasteiger partial charge is 0.236 e. The largest absolute Gasteiger partial charge is 0.443 e. The van der Waals surface area contributed by atoms with E-state index in [-0.39, 0.29) is 24.0 Å². The number of oxazole rings is 1. The van der Waals surface area contributed by atoms with Crippen LogP contribution < -0.4 is 10.6 Å². The number of thiophene rings is 1. The molecule has 25 heavy (non-hydrogen) atoms. The van der Waals surface area contributed by atoms with Crippen LogP contribution in [0.25, 0.3) is 10.8 Å². The van der Waals surface area contributed by atoms with Crippen molar-refractivity contribution in [2.75, 3.05) is 7.05 Å². The Hall–Kier alpha value is -1.58. The van der Waals surface area contributed by atoms with Gasteiger partial charge >= 0.3 is 0 Å². The highest BCUT2D eigenvalue weighted by molar-refractivity contribution is 14.0. The van der Waals surface area contributed by atoms with Gasteiger partial charge in [0.15, 0.2) is 5.96 Å². The summed E-state index contributed by atoms with van der Waals surface area (Å²) in [6.45, 7) is 1.12. The molecule has 2 aromatic heterocycles. The standard InChI is InChI=1S/C17H17ClN4OS.HI/c1-19-17(20-9-12-5-2-3-6-14(12)18)21-10-13-11-23-16(22-13)15-7-4-8-24-15;/h2-8,11H,9-10H2,1H3,(H2,19,20,21);1H. The van der Waals surface area contributed by atoms with Gasteiger partial charge in [-0.1, -0.05) is 35.9 Å². The molecule has 0 atom stereocenters. The molecule has 3 rings (SSSR count). The van der Waals surface area contributed by atoms with E-state index in [1.807, 2.05) is 41.8 Å². The first-order valence-electron chi connectivity index (χ1n) is 7.42. The molecule has 0 amide bonds. The van der Waals surface area contributed by atoms with E-state index in [0.717, 1.165) is 21.2 Å². The Morgan fingerprint density at radius 2 is 2.00 bits per heavy atom. The predicted molar refractivity (Wildman–Crippen MR) is 114 cm³/mol. The Labute approximate surface area is 172 Å². The number of halogens is 2. The van der Waals surface area contributed by atoms with Crippen molar-refractivity contribution in [3.8, 4) is 10.8 Å². The minimum atomic E-state index is 0. The third-order valence-corrected chi connectivity index (χ3v) is 4.57. The number of benzene rings is 1. The minimum absolute atomic E-state index is 0. The first-order valence-corrected chi connectivity index (χ1v) is 8.68. The topological polar surface area (TPSA) is 62.5 Å². The van der Waals surface area contributed by atoms with Gasteiger partial charge in [-0.25, -0.2) is 4.98 Å². The Balaban J connectivity index is 0.00000225. The summed E-state index contributed by atoms with van der Waals surface area (Å²) in [4.78, 5) is 9.68. The first-order chi connectivity index (χ1) is 11.8. The fourth-order valence-corrected chi connectivity index (χ4v) is 2.98. The van der Waals surface area contributed by atoms with E-state index in [4.69, 9.17) is 16.0 Å². The molecule has 0 saturated carbocycles. The summed E-state index contributed by atoms with van der Waals surface area (Å²) in [6, 6.07) is 11.7. The van der Waals surface area contributed by atoms with Crippen LogP contribution in [-0.4, -0.2) is 18.0 Å². The molecule has 0 saturated heterocycles. The Kier molecular flexibility index (Phi) is 7.73. The number of aliphatic imine (C=N–C) groups is 1. The molecule has 0 fully saturated rings. The number of nitrogens with zero attached hydrogens (tertiary/aromatic N) is 2. The normalized spacial score (nSPS) is 11.0. The van der Waals surface area contributed by atoms with Crippen LogP contribution in [-0.2, 0) is 13.1 Å². The summed E-state index contributed by atoms with van der Waals surface area (Å²) < 4.78 is 5.50. The number of hydrogen-bond acceptors (Lipinski definition) is 4. The Morgan fingerprint density at radius 1 is 1.20 bits per heavy atom. The number of nitrogens with one attached hydrogen (secondary N) is 2. The Morgan fingerprint density at radius 3 is 2.72 bits per heavy atom. The molecule has 0 aliphatic heterocycles. The van der Waals surface area contributed by atoms with E-state index in [1.54, 1.807) is 24.6 Å². The molecule has 8 heteroatoms. The highest BCUT2D eigenvalue weighted by Crippen LogP contribution is 2.23. The van der Waals surface area contributed by atoms with Gasteiger partial charge in [-0.3, -0.25) is 4.99 Å². The first kappa shape index (κ1) is 19.7. The summed E-state index contributed by atoms with van der Waals surface area (Å²) in [5.41, 5.74) is 1.84. The molecule has 0 aliphatic rings. The van der Waals surface area contributed by atoms with E-state index in [9.17, 15) is 0 Å². The fraction of sp³-hybridized carbons (Fsp3) is 0.176. The second-order valence-electron chi connectivity index (χ2n) is 4.99. The van der Waals surface area contributed by atoms with Gasteiger partial charge in [-0.15, -0.1) is 35.3 Å². The van der Waals surface area contributed by atoms with Gasteiger partial charge in [0.1, 0.15) is 6.26 Å². The molecule has 0 aliphatic carbocycles. The average molecular weight is 489 g/mol. The van der Waals surface area contributed by atoms with Crippen LogP contribution in [0, 0.1) is 0 Å². The van der Waals surface area contributed by atoms with Crippen molar-refractivity contribution in [1.29, 1.82) is 0 Å². The van der Waals surface area contributed by atoms with E-state index in [1.165, 1.54) is 0 Å². The second kappa shape index (κ2) is 9.79. The number of aromatic nitrogens is 1. The van der Waals surface area contributed by atoms with Gasteiger partial charge in [0.2, 0.25) is 5.89 Å². The van der Waals surface area contributed by atoms with Crippen molar-refractivity contribution < 1.29 is 4.42 Å². The van der Waals surface area contributed by atoms with E-state index in [2.05, 4.69) is 20.6 Å². The van der Waals surface area contributed by atoms with Crippen LogP contribution in [0.4, 0.5) is 0 Å². The van der Waals surface area contributed by atoms with Crippen molar-refractivity contribution in [3.63, 3.8) is 0 Å². The molecule has 0 spiro atoms. The summed E-state index contributed by atoms with van der Waals surface area (Å²) in [5, 5.41) is 9.17. The summed E-state index contributed by atoms with van der Waals surface area (Å²) in [7, 11) is 1.72. The number of guanidine groups is 1. The zero-order chi connectivity index (χ0) is 16.8. The number of hydrogen-bond donors (Lipinski definition) is 2. The third kappa shape index (κ3) is 5.45. The number of rotatable bonds is 5. The Bertz CT molecular complexity index is 820. The lowest BCUT2D eigenvalue weighted by molar-refractivity contribution is 0.573. The monoisotopic (exact) mass is 488 g/mol. The molecule has 2 heterocycles. The van der Waals surface area contributed by atoms with Crippen molar-refractivity contribution >= 4 is 52.9 Å². The van der Waals surface area contributed by atoms with Crippen LogP contribution in [0.3, 0.4) is 0 Å². The lowest BCUT2D eigenvalue weighted by atomic mass is 10.2. The quantitative estimate of drug-likeness (QED) is 0.314. The maximum Gasteiger partial charge on any atom is 0.236 e. The average Bonchev–Trinajstić information content (AvgIpc) is 3.27. The van der Waals surface area contributed by atoms with Crippen molar-refractivity contribution in [3.05, 3.63) is 64.3 Å². The summed E-state index contributed by atoms with van der Waals surface area (Å²) in [5.74, 6) is 1.32. The van der Waals surface area contributed by atoms with Crippen LogP contribution in [0.1, 0.15) is 11.3 Å². The molecule has 2 N–H and O–H groups in total. The zero-order valence-corrected chi connectivity index (χ0v) is 17.4. The van der Waals surface area contributed by atoms with Crippen LogP contribution in [0.5, 0.6) is 0 Å². The van der Waals surface area contributed by atoms with Gasteiger partial charge in [0.05, 0.1) is 17.1 Å². The third-order valence-electron chi connectivity index (χ3n) is 3.35.